The fraction of sp³-hybridized carbons (Fsp3) is 0.770. The Hall–Kier alpha value is -4.02. The van der Waals surface area contributed by atoms with Crippen LogP contribution in [0.1, 0.15) is 374 Å². The third-order valence-corrected chi connectivity index (χ3v) is 19.9. The molecular weight excluding hydrogens is 1380 g/mol. The van der Waals surface area contributed by atoms with Crippen molar-refractivity contribution in [3.63, 3.8) is 0 Å². The number of aliphatic hydroxyl groups is 1. The molecule has 5 atom stereocenters. The molecule has 17 nitrogen and oxygen atoms in total. The van der Waals surface area contributed by atoms with Crippen LogP contribution in [-0.4, -0.2) is 96.7 Å². The molecule has 0 amide bonds. The number of esters is 4. The van der Waals surface area contributed by atoms with E-state index >= 15 is 0 Å². The lowest BCUT2D eigenvalue weighted by Crippen LogP contribution is -2.30. The van der Waals surface area contributed by atoms with Crippen LogP contribution in [0.4, 0.5) is 0 Å². The van der Waals surface area contributed by atoms with Crippen molar-refractivity contribution in [1.29, 1.82) is 0 Å². The number of hydrogen-bond donors (Lipinski definition) is 3. The Bertz CT molecular complexity index is 2380. The Kier molecular flexibility index (Phi) is 76.1. The molecule has 0 aromatic carbocycles. The van der Waals surface area contributed by atoms with Gasteiger partial charge in [-0.3, -0.25) is 37.3 Å². The molecule has 5 unspecified atom stereocenters. The van der Waals surface area contributed by atoms with E-state index in [0.717, 1.165) is 173 Å². The molecule has 0 rings (SSSR count). The molecule has 106 heavy (non-hydrogen) atoms. The molecule has 0 radical (unpaired) electrons. The molecule has 0 saturated carbocycles. The highest BCUT2D eigenvalue weighted by molar-refractivity contribution is 7.47. The van der Waals surface area contributed by atoms with Crippen LogP contribution in [0.3, 0.4) is 0 Å². The Balaban J connectivity index is 5.39. The maximum absolute atomic E-state index is 13.1. The second-order valence-corrected chi connectivity index (χ2v) is 31.3. The molecule has 0 bridgehead atoms. The zero-order valence-electron chi connectivity index (χ0n) is 67.3. The van der Waals surface area contributed by atoms with Crippen LogP contribution < -0.4 is 0 Å². The third-order valence-electron chi connectivity index (χ3n) is 18.0. The summed E-state index contributed by atoms with van der Waals surface area (Å²) < 4.78 is 68.8. The molecular formula is C87H154O17P2. The first-order valence-electron chi connectivity index (χ1n) is 42.5. The normalized spacial score (nSPS) is 14.3. The van der Waals surface area contributed by atoms with Crippen LogP contribution in [-0.2, 0) is 65.4 Å². The molecule has 614 valence electrons. The first-order chi connectivity index (χ1) is 51.7. The maximum atomic E-state index is 13.1. The highest BCUT2D eigenvalue weighted by atomic mass is 31.2. The van der Waals surface area contributed by atoms with Gasteiger partial charge in [0.25, 0.3) is 0 Å². The summed E-state index contributed by atoms with van der Waals surface area (Å²) in [6.45, 7) is 4.75. The van der Waals surface area contributed by atoms with Crippen LogP contribution in [0.5, 0.6) is 0 Å². The summed E-state index contributed by atoms with van der Waals surface area (Å²) in [6.07, 6.45) is 85.1. The molecule has 0 spiro atoms. The van der Waals surface area contributed by atoms with Crippen LogP contribution in [0.2, 0.25) is 0 Å². The lowest BCUT2D eigenvalue weighted by molar-refractivity contribution is -0.161. The number of carbonyl (C=O) groups is 4. The van der Waals surface area contributed by atoms with Gasteiger partial charge in [0, 0.05) is 25.7 Å². The van der Waals surface area contributed by atoms with E-state index in [-0.39, 0.29) is 25.7 Å². The number of hydrogen-bond acceptors (Lipinski definition) is 15. The summed E-state index contributed by atoms with van der Waals surface area (Å²) in [4.78, 5) is 73.2. The minimum atomic E-state index is -4.99. The summed E-state index contributed by atoms with van der Waals surface area (Å²) in [6, 6.07) is 0. The van der Waals surface area contributed by atoms with E-state index in [1.807, 2.05) is 0 Å². The van der Waals surface area contributed by atoms with Gasteiger partial charge < -0.3 is 33.8 Å². The van der Waals surface area contributed by atoms with E-state index in [9.17, 15) is 43.2 Å². The standard InChI is InChI=1S/C87H154O17P2/c1-5-9-13-17-21-25-29-33-37-39-40-42-45-48-52-56-60-64-68-72-85(90)98-78-83(104-87(92)74-70-66-62-58-54-50-46-41-38-34-30-26-22-18-14-10-6-2)80-102-106(95,96)100-76-81(88)75-99-105(93,94)101-79-82(103-86(91)73-69-65-61-57-53-49-44-36-32-28-24-20-16-12-8-4)77-97-84(89)71-67-63-59-55-51-47-43-35-31-27-23-19-15-11-7-3/h10,14,21-22,25-26,33-35,37-38,40,42-43,46,50,81-83,88H,5-9,11-13,15-20,23-24,27-32,36,39,41,44-45,47-49,51-80H2,1-4H3,(H,93,94)(H,95,96)/b14-10-,25-21-,26-22-,37-33-,38-34-,42-40-,43-35-,50-46-. The zero-order chi connectivity index (χ0) is 77.4. The number of allylic oxidation sites excluding steroid dienone is 16. The summed E-state index contributed by atoms with van der Waals surface area (Å²) in [5.41, 5.74) is 0. The van der Waals surface area contributed by atoms with Crippen LogP contribution in [0, 0.1) is 0 Å². The van der Waals surface area contributed by atoms with Gasteiger partial charge in [0.2, 0.25) is 0 Å². The van der Waals surface area contributed by atoms with E-state index in [1.54, 1.807) is 0 Å². The molecule has 0 aromatic rings. The number of carbonyl (C=O) groups excluding carboxylic acids is 4. The number of unbranched alkanes of at least 4 members (excludes halogenated alkanes) is 38. The fourth-order valence-electron chi connectivity index (χ4n) is 11.6. The van der Waals surface area contributed by atoms with Crippen molar-refractivity contribution >= 4 is 39.5 Å². The van der Waals surface area contributed by atoms with E-state index in [4.69, 9.17) is 37.0 Å². The minimum Gasteiger partial charge on any atom is -0.462 e. The molecule has 3 N–H and O–H groups in total. The molecule has 0 aliphatic heterocycles. The van der Waals surface area contributed by atoms with Gasteiger partial charge in [-0.15, -0.1) is 0 Å². The van der Waals surface area contributed by atoms with Crippen LogP contribution >= 0.6 is 15.6 Å². The molecule has 0 aliphatic carbocycles. The smallest absolute Gasteiger partial charge is 0.462 e. The predicted octanol–water partition coefficient (Wildman–Crippen LogP) is 25.1. The largest absolute Gasteiger partial charge is 0.472 e. The predicted molar refractivity (Wildman–Crippen MR) is 436 cm³/mol. The van der Waals surface area contributed by atoms with Crippen molar-refractivity contribution in [2.75, 3.05) is 39.6 Å². The van der Waals surface area contributed by atoms with Gasteiger partial charge in [0.15, 0.2) is 12.2 Å². The highest BCUT2D eigenvalue weighted by Gasteiger charge is 2.30. The second kappa shape index (κ2) is 79.1. The summed E-state index contributed by atoms with van der Waals surface area (Å²) in [7, 11) is -9.97. The van der Waals surface area contributed by atoms with Crippen molar-refractivity contribution in [3.05, 3.63) is 97.2 Å². The van der Waals surface area contributed by atoms with E-state index in [1.165, 1.54) is 122 Å². The molecule has 0 aliphatic rings. The number of rotatable bonds is 80. The van der Waals surface area contributed by atoms with Crippen molar-refractivity contribution in [2.24, 2.45) is 0 Å². The number of phosphoric acid groups is 2. The Morgan fingerprint density at radius 2 is 0.491 bits per heavy atom. The van der Waals surface area contributed by atoms with Gasteiger partial charge in [0.05, 0.1) is 26.4 Å². The van der Waals surface area contributed by atoms with Gasteiger partial charge in [0.1, 0.15) is 19.3 Å². The third kappa shape index (κ3) is 78.1. The first-order valence-corrected chi connectivity index (χ1v) is 45.5. The summed E-state index contributed by atoms with van der Waals surface area (Å²) in [5, 5.41) is 10.7. The van der Waals surface area contributed by atoms with E-state index < -0.39 is 97.5 Å². The van der Waals surface area contributed by atoms with E-state index in [0.29, 0.717) is 25.7 Å². The fourth-order valence-corrected chi connectivity index (χ4v) is 13.1. The SMILES string of the molecule is CC/C=C\C/C=C\C/C=C\C/C=C\CCCCCCC(=O)OC(COC(=O)CCCCCCCC/C=C\C/C=C\C/C=C\CCCCC)COP(=O)(O)OCC(O)COP(=O)(O)OCC(COC(=O)CCCCCCC/C=C\CCCCCCCC)OC(=O)CCCCCCCCCCCCCCCCC. The maximum Gasteiger partial charge on any atom is 0.472 e. The highest BCUT2D eigenvalue weighted by Crippen LogP contribution is 2.45. The van der Waals surface area contributed by atoms with Gasteiger partial charge in [-0.05, 0) is 128 Å². The average Bonchev–Trinajstić information content (AvgIpc) is 0.907. The van der Waals surface area contributed by atoms with Gasteiger partial charge in [-0.25, -0.2) is 9.13 Å². The van der Waals surface area contributed by atoms with E-state index in [2.05, 4.69) is 125 Å². The van der Waals surface area contributed by atoms with Crippen LogP contribution in [0.15, 0.2) is 97.2 Å². The van der Waals surface area contributed by atoms with Crippen molar-refractivity contribution in [3.8, 4) is 0 Å². The van der Waals surface area contributed by atoms with Crippen LogP contribution in [0.25, 0.3) is 0 Å². The average molecular weight is 1530 g/mol. The van der Waals surface area contributed by atoms with Crippen molar-refractivity contribution in [2.45, 2.75) is 393 Å². The zero-order valence-corrected chi connectivity index (χ0v) is 69.1. The first kappa shape index (κ1) is 102. The van der Waals surface area contributed by atoms with Crippen molar-refractivity contribution in [1.82, 2.24) is 0 Å². The Morgan fingerprint density at radius 1 is 0.274 bits per heavy atom. The topological polar surface area (TPSA) is 237 Å². The molecule has 0 fully saturated rings. The summed E-state index contributed by atoms with van der Waals surface area (Å²) in [5.74, 6) is -2.20. The quantitative estimate of drug-likeness (QED) is 0.0169. The van der Waals surface area contributed by atoms with Gasteiger partial charge in [-0.1, -0.05) is 318 Å². The van der Waals surface area contributed by atoms with Gasteiger partial charge in [-0.2, -0.15) is 0 Å². The minimum absolute atomic E-state index is 0.0639. The Labute approximate surface area is 646 Å². The lowest BCUT2D eigenvalue weighted by Gasteiger charge is -2.21. The Morgan fingerprint density at radius 3 is 0.783 bits per heavy atom. The summed E-state index contributed by atoms with van der Waals surface area (Å²) >= 11 is 0. The molecule has 0 heterocycles. The molecule has 0 saturated heterocycles. The number of aliphatic hydroxyl groups excluding tert-OH is 1. The lowest BCUT2D eigenvalue weighted by atomic mass is 10.0. The number of ether oxygens (including phenoxy) is 4. The molecule has 19 heteroatoms. The monoisotopic (exact) mass is 1530 g/mol. The number of phosphoric ester groups is 2. The van der Waals surface area contributed by atoms with Crippen molar-refractivity contribution < 1.29 is 80.2 Å². The van der Waals surface area contributed by atoms with Gasteiger partial charge >= 0.3 is 39.5 Å². The second-order valence-electron chi connectivity index (χ2n) is 28.4. The molecule has 0 aromatic heterocycles.